The molecule has 0 aliphatic carbocycles. The Kier molecular flexibility index (Phi) is 6.20. The van der Waals surface area contributed by atoms with E-state index < -0.39 is 5.97 Å². The number of carboxylic acids is 1. The minimum absolute atomic E-state index is 0.188. The van der Waals surface area contributed by atoms with Gasteiger partial charge in [-0.3, -0.25) is 9.48 Å². The Labute approximate surface area is 124 Å². The third-order valence-corrected chi connectivity index (χ3v) is 2.64. The van der Waals surface area contributed by atoms with Gasteiger partial charge in [-0.05, 0) is 11.8 Å². The van der Waals surface area contributed by atoms with Crippen molar-refractivity contribution in [2.24, 2.45) is 11.8 Å². The third kappa shape index (κ3) is 6.29. The molecule has 0 saturated heterocycles. The maximum atomic E-state index is 12.3. The van der Waals surface area contributed by atoms with Gasteiger partial charge in [-0.15, -0.1) is 0 Å². The lowest BCUT2D eigenvalue weighted by Crippen LogP contribution is -2.39. The summed E-state index contributed by atoms with van der Waals surface area (Å²) in [4.78, 5) is 24.6. The van der Waals surface area contributed by atoms with Gasteiger partial charge in [0.2, 0.25) is 0 Å². The van der Waals surface area contributed by atoms with Gasteiger partial charge in [0.05, 0.1) is 11.9 Å². The lowest BCUT2D eigenvalue weighted by molar-refractivity contribution is -0.137. The molecule has 0 aliphatic rings. The Morgan fingerprint density at radius 1 is 1.29 bits per heavy atom. The van der Waals surface area contributed by atoms with Crippen LogP contribution < -0.4 is 5.32 Å². The van der Waals surface area contributed by atoms with E-state index in [4.69, 9.17) is 5.11 Å². The molecule has 118 valence electrons. The van der Waals surface area contributed by atoms with Gasteiger partial charge in [0.15, 0.2) is 0 Å². The summed E-state index contributed by atoms with van der Waals surface area (Å²) >= 11 is 0. The van der Waals surface area contributed by atoms with E-state index in [-0.39, 0.29) is 12.6 Å². The largest absolute Gasteiger partial charge is 0.480 e. The van der Waals surface area contributed by atoms with Gasteiger partial charge >= 0.3 is 12.0 Å². The molecule has 0 unspecified atom stereocenters. The van der Waals surface area contributed by atoms with E-state index in [9.17, 15) is 9.59 Å². The topological polar surface area (TPSA) is 87.5 Å². The van der Waals surface area contributed by atoms with Crippen LogP contribution in [0.4, 0.5) is 10.5 Å². The molecule has 0 aromatic carbocycles. The number of carboxylic acid groups (broad SMARTS) is 1. The predicted molar refractivity (Wildman–Crippen MR) is 80.1 cm³/mol. The van der Waals surface area contributed by atoms with Crippen LogP contribution in [0.15, 0.2) is 12.4 Å². The summed E-state index contributed by atoms with van der Waals surface area (Å²) in [6.45, 7) is 9.37. The molecule has 1 aromatic rings. The molecule has 0 fully saturated rings. The zero-order valence-electron chi connectivity index (χ0n) is 13.0. The van der Waals surface area contributed by atoms with Gasteiger partial charge in [-0.1, -0.05) is 27.7 Å². The van der Waals surface area contributed by atoms with E-state index in [2.05, 4.69) is 38.1 Å². The first kappa shape index (κ1) is 17.0. The van der Waals surface area contributed by atoms with Crippen molar-refractivity contribution in [1.82, 2.24) is 14.7 Å². The van der Waals surface area contributed by atoms with E-state index in [0.717, 1.165) is 0 Å². The summed E-state index contributed by atoms with van der Waals surface area (Å²) in [6.07, 6.45) is 2.96. The number of hydrogen-bond donors (Lipinski definition) is 2. The summed E-state index contributed by atoms with van der Waals surface area (Å²) in [5, 5.41) is 15.3. The Balaban J connectivity index is 2.67. The zero-order valence-corrected chi connectivity index (χ0v) is 13.0. The van der Waals surface area contributed by atoms with Gasteiger partial charge < -0.3 is 15.3 Å². The molecule has 2 amide bonds. The number of aromatic nitrogens is 2. The summed E-state index contributed by atoms with van der Waals surface area (Å²) in [5.74, 6) is -0.217. The number of amides is 2. The first-order valence-electron chi connectivity index (χ1n) is 7.08. The molecule has 0 spiro atoms. The highest BCUT2D eigenvalue weighted by Crippen LogP contribution is 2.09. The highest BCUT2D eigenvalue weighted by atomic mass is 16.4. The maximum Gasteiger partial charge on any atom is 0.325 e. The van der Waals surface area contributed by atoms with Crippen LogP contribution in [0.3, 0.4) is 0 Å². The molecular formula is C14H24N4O3. The molecule has 7 nitrogen and oxygen atoms in total. The van der Waals surface area contributed by atoms with Gasteiger partial charge in [-0.25, -0.2) is 4.79 Å². The van der Waals surface area contributed by atoms with Crippen LogP contribution in [0, 0.1) is 11.8 Å². The van der Waals surface area contributed by atoms with Crippen LogP contribution in [0.25, 0.3) is 0 Å². The monoisotopic (exact) mass is 296 g/mol. The second kappa shape index (κ2) is 7.66. The Hall–Kier alpha value is -2.05. The van der Waals surface area contributed by atoms with Crippen LogP contribution in [-0.2, 0) is 11.3 Å². The Morgan fingerprint density at radius 2 is 1.86 bits per heavy atom. The second-order valence-electron chi connectivity index (χ2n) is 5.94. The maximum absolute atomic E-state index is 12.3. The fourth-order valence-corrected chi connectivity index (χ4v) is 1.98. The summed E-state index contributed by atoms with van der Waals surface area (Å²) < 4.78 is 1.27. The van der Waals surface area contributed by atoms with Crippen molar-refractivity contribution in [1.29, 1.82) is 0 Å². The second-order valence-corrected chi connectivity index (χ2v) is 5.94. The molecule has 1 aromatic heterocycles. The van der Waals surface area contributed by atoms with Crippen molar-refractivity contribution in [2.75, 3.05) is 18.4 Å². The number of urea groups is 1. The third-order valence-electron chi connectivity index (χ3n) is 2.64. The van der Waals surface area contributed by atoms with Crippen LogP contribution in [0.1, 0.15) is 27.7 Å². The summed E-state index contributed by atoms with van der Waals surface area (Å²) in [7, 11) is 0. The minimum Gasteiger partial charge on any atom is -0.480 e. The molecular weight excluding hydrogens is 272 g/mol. The average Bonchev–Trinajstić information content (AvgIpc) is 2.73. The molecule has 1 heterocycles. The molecule has 7 heteroatoms. The van der Waals surface area contributed by atoms with E-state index >= 15 is 0 Å². The van der Waals surface area contributed by atoms with Crippen molar-refractivity contribution in [3.8, 4) is 0 Å². The number of hydrogen-bond acceptors (Lipinski definition) is 3. The van der Waals surface area contributed by atoms with Crippen molar-refractivity contribution in [2.45, 2.75) is 34.2 Å². The van der Waals surface area contributed by atoms with Crippen molar-refractivity contribution >= 4 is 17.7 Å². The van der Waals surface area contributed by atoms with Crippen molar-refractivity contribution in [3.63, 3.8) is 0 Å². The number of nitrogens with zero attached hydrogens (tertiary/aromatic N) is 3. The van der Waals surface area contributed by atoms with E-state index in [1.165, 1.54) is 17.1 Å². The van der Waals surface area contributed by atoms with Crippen LogP contribution in [-0.4, -0.2) is 44.9 Å². The number of rotatable bonds is 7. The van der Waals surface area contributed by atoms with Crippen LogP contribution >= 0.6 is 0 Å². The molecule has 0 atom stereocenters. The number of carbonyl (C=O) groups excluding carboxylic acids is 1. The standard InChI is InChI=1S/C14H24N4O3/c1-10(2)6-17(7-11(3)4)14(21)16-12-5-15-18(8-12)9-13(19)20/h5,8,10-11H,6-7,9H2,1-4H3,(H,16,21)(H,19,20). The van der Waals surface area contributed by atoms with Crippen LogP contribution in [0.2, 0.25) is 0 Å². The number of anilines is 1. The lowest BCUT2D eigenvalue weighted by Gasteiger charge is -2.26. The average molecular weight is 296 g/mol. The highest BCUT2D eigenvalue weighted by molar-refractivity contribution is 5.89. The number of carbonyl (C=O) groups is 2. The molecule has 21 heavy (non-hydrogen) atoms. The van der Waals surface area contributed by atoms with E-state index in [1.54, 1.807) is 4.90 Å². The summed E-state index contributed by atoms with van der Waals surface area (Å²) in [5.41, 5.74) is 0.499. The molecule has 2 N–H and O–H groups in total. The normalized spacial score (nSPS) is 11.0. The molecule has 0 saturated carbocycles. The van der Waals surface area contributed by atoms with Gasteiger partial charge in [0.25, 0.3) is 0 Å². The molecule has 0 bridgehead atoms. The fraction of sp³-hybridized carbons (Fsp3) is 0.643. The van der Waals surface area contributed by atoms with E-state index in [0.29, 0.717) is 30.6 Å². The SMILES string of the molecule is CC(C)CN(CC(C)C)C(=O)Nc1cnn(CC(=O)O)c1. The molecule has 1 rings (SSSR count). The first-order valence-corrected chi connectivity index (χ1v) is 7.08. The Morgan fingerprint density at radius 3 is 2.33 bits per heavy atom. The number of nitrogens with one attached hydrogen (secondary N) is 1. The van der Waals surface area contributed by atoms with Crippen molar-refractivity contribution in [3.05, 3.63) is 12.4 Å². The minimum atomic E-state index is -0.975. The zero-order chi connectivity index (χ0) is 16.0. The predicted octanol–water partition coefficient (Wildman–Crippen LogP) is 2.11. The highest BCUT2D eigenvalue weighted by Gasteiger charge is 2.17. The number of aliphatic carboxylic acids is 1. The fourth-order valence-electron chi connectivity index (χ4n) is 1.98. The van der Waals surface area contributed by atoms with E-state index in [1.807, 2.05) is 0 Å². The van der Waals surface area contributed by atoms with Gasteiger partial charge in [0.1, 0.15) is 6.54 Å². The van der Waals surface area contributed by atoms with Gasteiger partial charge in [0, 0.05) is 19.3 Å². The summed E-state index contributed by atoms with van der Waals surface area (Å²) in [6, 6.07) is -0.188. The quantitative estimate of drug-likeness (QED) is 0.806. The smallest absolute Gasteiger partial charge is 0.325 e. The first-order chi connectivity index (χ1) is 9.77. The molecule has 0 aliphatic heterocycles. The van der Waals surface area contributed by atoms with Crippen molar-refractivity contribution < 1.29 is 14.7 Å². The Bertz CT molecular complexity index is 472. The lowest BCUT2D eigenvalue weighted by atomic mass is 10.1. The van der Waals surface area contributed by atoms with Gasteiger partial charge in [-0.2, -0.15) is 5.10 Å². The molecule has 0 radical (unpaired) electrons. The van der Waals surface area contributed by atoms with Crippen LogP contribution in [0.5, 0.6) is 0 Å².